The van der Waals surface area contributed by atoms with Gasteiger partial charge in [0.1, 0.15) is 22.8 Å². The molecule has 8 heteroatoms. The van der Waals surface area contributed by atoms with Gasteiger partial charge in [-0.2, -0.15) is 0 Å². The number of nitrogens with zero attached hydrogens (tertiary/aromatic N) is 1. The van der Waals surface area contributed by atoms with E-state index in [-0.39, 0.29) is 11.7 Å². The normalized spacial score (nSPS) is 17.5. The highest BCUT2D eigenvalue weighted by molar-refractivity contribution is 5.96. The number of aliphatic carboxylic acids is 1. The standard InChI is InChI=1S/C29H36N2O6/c1-19(30-27(36)37-28(3,4)5)25(33)31-18-12-17-23(31)24(20(2)32)29(26(34)35,21-13-8-6-9-14-21)22-15-10-7-11-16-22/h6-11,13-16,19,23-24H,12,17-18H2,1-5H3,(H,30,36)(H,34,35). The van der Waals surface area contributed by atoms with Crippen LogP contribution in [0.4, 0.5) is 4.79 Å². The first-order chi connectivity index (χ1) is 17.4. The lowest BCUT2D eigenvalue weighted by molar-refractivity contribution is -0.150. The Labute approximate surface area is 218 Å². The molecule has 3 rings (SSSR count). The molecule has 3 atom stereocenters. The third-order valence-corrected chi connectivity index (χ3v) is 6.77. The third kappa shape index (κ3) is 5.84. The zero-order valence-electron chi connectivity index (χ0n) is 22.1. The van der Waals surface area contributed by atoms with Crippen LogP contribution in [0.25, 0.3) is 0 Å². The van der Waals surface area contributed by atoms with Crippen molar-refractivity contribution < 1.29 is 29.0 Å². The highest BCUT2D eigenvalue weighted by Gasteiger charge is 2.56. The Bertz CT molecular complexity index is 1090. The van der Waals surface area contributed by atoms with Crippen LogP contribution in [0.3, 0.4) is 0 Å². The van der Waals surface area contributed by atoms with Crippen molar-refractivity contribution in [3.8, 4) is 0 Å². The first-order valence-corrected chi connectivity index (χ1v) is 12.5. The molecule has 0 bridgehead atoms. The number of carboxylic acid groups (broad SMARTS) is 1. The SMILES string of the molecule is CC(=O)C(C1CCCN1C(=O)C(C)NC(=O)OC(C)(C)C)C(C(=O)O)(c1ccccc1)c1ccccc1. The number of hydrogen-bond donors (Lipinski definition) is 2. The molecule has 2 aromatic rings. The summed E-state index contributed by atoms with van der Waals surface area (Å²) in [6.07, 6.45) is 0.350. The van der Waals surface area contributed by atoms with Crippen LogP contribution in [0, 0.1) is 5.92 Å². The Morgan fingerprint density at radius 3 is 1.92 bits per heavy atom. The molecule has 3 unspecified atom stereocenters. The third-order valence-electron chi connectivity index (χ3n) is 6.77. The first-order valence-electron chi connectivity index (χ1n) is 12.5. The summed E-state index contributed by atoms with van der Waals surface area (Å²) in [4.78, 5) is 54.1. The molecule has 8 nitrogen and oxygen atoms in total. The lowest BCUT2D eigenvalue weighted by Gasteiger charge is -2.43. The van der Waals surface area contributed by atoms with Crippen molar-refractivity contribution in [1.29, 1.82) is 0 Å². The average molecular weight is 509 g/mol. The number of carbonyl (C=O) groups excluding carboxylic acids is 3. The van der Waals surface area contributed by atoms with Crippen LogP contribution < -0.4 is 5.32 Å². The number of ketones is 1. The van der Waals surface area contributed by atoms with Crippen LogP contribution in [0.2, 0.25) is 0 Å². The van der Waals surface area contributed by atoms with Crippen molar-refractivity contribution in [3.05, 3.63) is 71.8 Å². The highest BCUT2D eigenvalue weighted by atomic mass is 16.6. The Morgan fingerprint density at radius 1 is 0.973 bits per heavy atom. The number of amides is 2. The molecule has 1 saturated heterocycles. The topological polar surface area (TPSA) is 113 Å². The summed E-state index contributed by atoms with van der Waals surface area (Å²) in [5, 5.41) is 13.4. The van der Waals surface area contributed by atoms with Gasteiger partial charge in [-0.05, 0) is 58.6 Å². The van der Waals surface area contributed by atoms with Crippen molar-refractivity contribution in [2.24, 2.45) is 5.92 Å². The molecule has 0 spiro atoms. The zero-order chi connectivity index (χ0) is 27.4. The molecule has 198 valence electrons. The van der Waals surface area contributed by atoms with Crippen molar-refractivity contribution >= 4 is 23.8 Å². The van der Waals surface area contributed by atoms with E-state index in [1.54, 1.807) is 93.3 Å². The summed E-state index contributed by atoms with van der Waals surface area (Å²) in [5.74, 6) is -2.94. The van der Waals surface area contributed by atoms with Crippen molar-refractivity contribution in [3.63, 3.8) is 0 Å². The predicted octanol–water partition coefficient (Wildman–Crippen LogP) is 4.17. The van der Waals surface area contributed by atoms with E-state index >= 15 is 0 Å². The van der Waals surface area contributed by atoms with E-state index in [1.165, 1.54) is 6.92 Å². The van der Waals surface area contributed by atoms with Gasteiger partial charge in [-0.15, -0.1) is 0 Å². The molecule has 2 aromatic carbocycles. The number of alkyl carbamates (subject to hydrolysis) is 1. The van der Waals surface area contributed by atoms with Crippen LogP contribution in [0.1, 0.15) is 58.6 Å². The zero-order valence-corrected chi connectivity index (χ0v) is 22.1. The van der Waals surface area contributed by atoms with Crippen molar-refractivity contribution in [2.45, 2.75) is 70.6 Å². The van der Waals surface area contributed by atoms with Crippen LogP contribution in [-0.2, 0) is 24.5 Å². The minimum Gasteiger partial charge on any atom is -0.480 e. The first kappa shape index (κ1) is 27.9. The minimum absolute atomic E-state index is 0.326. The molecule has 2 N–H and O–H groups in total. The molecule has 1 fully saturated rings. The number of rotatable bonds is 8. The van der Waals surface area contributed by atoms with Gasteiger partial charge in [0.05, 0.1) is 5.92 Å². The monoisotopic (exact) mass is 508 g/mol. The van der Waals surface area contributed by atoms with Crippen LogP contribution in [-0.4, -0.2) is 58.0 Å². The summed E-state index contributed by atoms with van der Waals surface area (Å²) in [7, 11) is 0. The molecule has 0 radical (unpaired) electrons. The molecule has 0 aromatic heterocycles. The second-order valence-corrected chi connectivity index (χ2v) is 10.5. The van der Waals surface area contributed by atoms with E-state index in [0.717, 1.165) is 0 Å². The maximum absolute atomic E-state index is 13.6. The molecular formula is C29H36N2O6. The Balaban J connectivity index is 2.07. The molecule has 1 aliphatic rings. The summed E-state index contributed by atoms with van der Waals surface area (Å²) in [6.45, 7) is 8.48. The van der Waals surface area contributed by atoms with Crippen LogP contribution >= 0.6 is 0 Å². The largest absolute Gasteiger partial charge is 0.480 e. The molecule has 37 heavy (non-hydrogen) atoms. The van der Waals surface area contributed by atoms with E-state index in [2.05, 4.69) is 5.32 Å². The number of ether oxygens (including phenoxy) is 1. The maximum atomic E-state index is 13.6. The molecule has 2 amide bonds. The quantitative estimate of drug-likeness (QED) is 0.554. The Hall–Kier alpha value is -3.68. The van der Waals surface area contributed by atoms with Gasteiger partial charge in [0.2, 0.25) is 5.91 Å². The maximum Gasteiger partial charge on any atom is 0.408 e. The lowest BCUT2D eigenvalue weighted by Crippen LogP contribution is -2.58. The van der Waals surface area contributed by atoms with E-state index in [9.17, 15) is 24.3 Å². The Morgan fingerprint density at radius 2 is 1.49 bits per heavy atom. The molecular weight excluding hydrogens is 472 g/mol. The predicted molar refractivity (Wildman–Crippen MR) is 139 cm³/mol. The van der Waals surface area contributed by atoms with Crippen molar-refractivity contribution in [2.75, 3.05) is 6.54 Å². The smallest absolute Gasteiger partial charge is 0.408 e. The number of carboxylic acids is 1. The van der Waals surface area contributed by atoms with Gasteiger partial charge in [0.25, 0.3) is 0 Å². The molecule has 1 aliphatic heterocycles. The molecule has 1 heterocycles. The fraction of sp³-hybridized carbons (Fsp3) is 0.448. The molecule has 0 aliphatic carbocycles. The average Bonchev–Trinajstić information content (AvgIpc) is 3.30. The van der Waals surface area contributed by atoms with Gasteiger partial charge in [-0.25, -0.2) is 4.79 Å². The number of Topliss-reactive ketones (excluding diaryl/α,β-unsaturated/α-hetero) is 1. The van der Waals surface area contributed by atoms with Gasteiger partial charge >= 0.3 is 12.1 Å². The van der Waals surface area contributed by atoms with E-state index in [0.29, 0.717) is 30.5 Å². The summed E-state index contributed by atoms with van der Waals surface area (Å²) in [5.41, 5.74) is -1.51. The van der Waals surface area contributed by atoms with E-state index in [1.807, 2.05) is 0 Å². The number of nitrogens with one attached hydrogen (secondary N) is 1. The van der Waals surface area contributed by atoms with Gasteiger partial charge in [0, 0.05) is 12.6 Å². The van der Waals surface area contributed by atoms with Gasteiger partial charge < -0.3 is 20.1 Å². The number of benzene rings is 2. The van der Waals surface area contributed by atoms with Crippen LogP contribution in [0.15, 0.2) is 60.7 Å². The minimum atomic E-state index is -1.72. The van der Waals surface area contributed by atoms with Gasteiger partial charge in [-0.1, -0.05) is 60.7 Å². The molecule has 0 saturated carbocycles. The highest BCUT2D eigenvalue weighted by Crippen LogP contribution is 2.45. The van der Waals surface area contributed by atoms with Gasteiger partial charge in [-0.3, -0.25) is 14.4 Å². The Kier molecular flexibility index (Phi) is 8.41. The number of carbonyl (C=O) groups is 4. The summed E-state index contributed by atoms with van der Waals surface area (Å²) in [6, 6.07) is 15.8. The van der Waals surface area contributed by atoms with Crippen molar-refractivity contribution in [1.82, 2.24) is 10.2 Å². The number of hydrogen-bond acceptors (Lipinski definition) is 5. The number of likely N-dealkylation sites (tertiary alicyclic amines) is 1. The van der Waals surface area contributed by atoms with Gasteiger partial charge in [0.15, 0.2) is 0 Å². The second-order valence-electron chi connectivity index (χ2n) is 10.5. The summed E-state index contributed by atoms with van der Waals surface area (Å²) < 4.78 is 5.28. The lowest BCUT2D eigenvalue weighted by atomic mass is 9.61. The van der Waals surface area contributed by atoms with Crippen LogP contribution in [0.5, 0.6) is 0 Å². The van der Waals surface area contributed by atoms with E-state index < -0.39 is 41.1 Å². The summed E-state index contributed by atoms with van der Waals surface area (Å²) >= 11 is 0. The van der Waals surface area contributed by atoms with E-state index in [4.69, 9.17) is 4.74 Å². The fourth-order valence-corrected chi connectivity index (χ4v) is 5.38. The second kappa shape index (κ2) is 11.2. The fourth-order valence-electron chi connectivity index (χ4n) is 5.38.